The van der Waals surface area contributed by atoms with Crippen molar-refractivity contribution >= 4 is 27.2 Å². The summed E-state index contributed by atoms with van der Waals surface area (Å²) in [7, 11) is -0.736. The molecule has 1 atom stereocenters. The SMILES string of the molecule is COc1cc2c(cc1OC)C(n1cc(C=O)c3ccccc31)N(S(=O)(=O)c1ccc(C)cc1)CC2. The first-order chi connectivity index (χ1) is 16.9. The van der Waals surface area contributed by atoms with Crippen LogP contribution >= 0.6 is 0 Å². The van der Waals surface area contributed by atoms with Crippen LogP contribution in [0.2, 0.25) is 0 Å². The fourth-order valence-corrected chi connectivity index (χ4v) is 6.38. The van der Waals surface area contributed by atoms with Gasteiger partial charge in [-0.3, -0.25) is 4.79 Å². The Kier molecular flexibility index (Phi) is 5.86. The molecule has 0 saturated carbocycles. The van der Waals surface area contributed by atoms with Crippen molar-refractivity contribution in [3.8, 4) is 11.5 Å². The number of aldehydes is 1. The fourth-order valence-electron chi connectivity index (χ4n) is 4.82. The highest BCUT2D eigenvalue weighted by molar-refractivity contribution is 7.89. The van der Waals surface area contributed by atoms with E-state index in [0.717, 1.165) is 33.9 Å². The van der Waals surface area contributed by atoms with E-state index in [2.05, 4.69) is 0 Å². The third-order valence-electron chi connectivity index (χ3n) is 6.59. The van der Waals surface area contributed by atoms with Gasteiger partial charge in [0.25, 0.3) is 0 Å². The highest BCUT2D eigenvalue weighted by Gasteiger charge is 2.39. The van der Waals surface area contributed by atoms with Gasteiger partial charge in [0.2, 0.25) is 10.0 Å². The summed E-state index contributed by atoms with van der Waals surface area (Å²) >= 11 is 0. The number of sulfonamides is 1. The molecule has 35 heavy (non-hydrogen) atoms. The Morgan fingerprint density at radius 3 is 2.34 bits per heavy atom. The van der Waals surface area contributed by atoms with Gasteiger partial charge in [-0.25, -0.2) is 8.42 Å². The van der Waals surface area contributed by atoms with Crippen LogP contribution < -0.4 is 9.47 Å². The van der Waals surface area contributed by atoms with Crippen LogP contribution in [0.1, 0.15) is 33.2 Å². The second kappa shape index (κ2) is 8.87. The number of methoxy groups -OCH3 is 2. The van der Waals surface area contributed by atoms with Crippen molar-refractivity contribution < 1.29 is 22.7 Å². The zero-order chi connectivity index (χ0) is 24.7. The van der Waals surface area contributed by atoms with Crippen LogP contribution in [0.25, 0.3) is 10.9 Å². The summed E-state index contributed by atoms with van der Waals surface area (Å²) < 4.78 is 42.4. The van der Waals surface area contributed by atoms with Gasteiger partial charge < -0.3 is 14.0 Å². The van der Waals surface area contributed by atoms with E-state index in [-0.39, 0.29) is 11.4 Å². The molecule has 1 unspecified atom stereocenters. The molecule has 7 nitrogen and oxygen atoms in total. The molecule has 180 valence electrons. The lowest BCUT2D eigenvalue weighted by atomic mass is 9.97. The van der Waals surface area contributed by atoms with Gasteiger partial charge in [0, 0.05) is 23.7 Å². The lowest BCUT2D eigenvalue weighted by Crippen LogP contribution is -2.43. The van der Waals surface area contributed by atoms with Gasteiger partial charge in [0.15, 0.2) is 17.8 Å². The maximum absolute atomic E-state index is 14.0. The topological polar surface area (TPSA) is 77.8 Å². The molecule has 1 aliphatic rings. The van der Waals surface area contributed by atoms with Crippen molar-refractivity contribution in [2.45, 2.75) is 24.4 Å². The van der Waals surface area contributed by atoms with Gasteiger partial charge in [-0.2, -0.15) is 4.31 Å². The summed E-state index contributed by atoms with van der Waals surface area (Å²) in [5, 5.41) is 0.766. The summed E-state index contributed by atoms with van der Waals surface area (Å²) in [5.41, 5.74) is 4.00. The zero-order valence-electron chi connectivity index (χ0n) is 19.8. The Morgan fingerprint density at radius 1 is 0.971 bits per heavy atom. The molecule has 0 bridgehead atoms. The molecular weight excluding hydrogens is 464 g/mol. The molecule has 3 aromatic carbocycles. The van der Waals surface area contributed by atoms with Crippen LogP contribution in [0.3, 0.4) is 0 Å². The minimum atomic E-state index is -3.87. The number of hydrogen-bond donors (Lipinski definition) is 0. The van der Waals surface area contributed by atoms with Crippen molar-refractivity contribution in [1.29, 1.82) is 0 Å². The Balaban J connectivity index is 1.78. The number of benzene rings is 3. The summed E-state index contributed by atoms with van der Waals surface area (Å²) in [6, 6.07) is 18.1. The van der Waals surface area contributed by atoms with E-state index in [9.17, 15) is 13.2 Å². The zero-order valence-corrected chi connectivity index (χ0v) is 20.6. The third kappa shape index (κ3) is 3.79. The number of para-hydroxylation sites is 1. The molecule has 0 N–H and O–H groups in total. The van der Waals surface area contributed by atoms with Crippen LogP contribution in [0.4, 0.5) is 0 Å². The smallest absolute Gasteiger partial charge is 0.245 e. The Hall–Kier alpha value is -3.62. The van der Waals surface area contributed by atoms with E-state index in [1.54, 1.807) is 44.7 Å². The number of ether oxygens (including phenoxy) is 2. The number of carbonyl (C=O) groups excluding carboxylic acids is 1. The van der Waals surface area contributed by atoms with Gasteiger partial charge >= 0.3 is 0 Å². The minimum Gasteiger partial charge on any atom is -0.493 e. The Morgan fingerprint density at radius 2 is 1.66 bits per heavy atom. The van der Waals surface area contributed by atoms with Crippen LogP contribution in [0.15, 0.2) is 71.8 Å². The van der Waals surface area contributed by atoms with E-state index < -0.39 is 16.2 Å². The molecule has 0 spiro atoms. The molecule has 5 rings (SSSR count). The summed E-state index contributed by atoms with van der Waals surface area (Å²) in [6.07, 6.45) is 2.32. The molecule has 0 saturated heterocycles. The Labute approximate surface area is 204 Å². The van der Waals surface area contributed by atoms with Gasteiger partial charge in [-0.15, -0.1) is 0 Å². The van der Waals surface area contributed by atoms with Crippen LogP contribution in [-0.4, -0.2) is 44.3 Å². The first-order valence-electron chi connectivity index (χ1n) is 11.3. The predicted octanol–water partition coefficient (Wildman–Crippen LogP) is 4.57. The van der Waals surface area contributed by atoms with Crippen molar-refractivity contribution in [2.75, 3.05) is 20.8 Å². The second-order valence-electron chi connectivity index (χ2n) is 8.59. The average Bonchev–Trinajstić information content (AvgIpc) is 3.25. The first kappa shape index (κ1) is 23.1. The molecule has 1 aromatic heterocycles. The second-order valence-corrected chi connectivity index (χ2v) is 10.5. The number of rotatable bonds is 6. The summed E-state index contributed by atoms with van der Waals surface area (Å²) in [6.45, 7) is 2.19. The number of fused-ring (bicyclic) bond motifs is 2. The molecule has 0 radical (unpaired) electrons. The normalized spacial score (nSPS) is 16.1. The molecule has 8 heteroatoms. The van der Waals surface area contributed by atoms with E-state index in [1.807, 2.05) is 47.9 Å². The quantitative estimate of drug-likeness (QED) is 0.370. The number of aromatic nitrogens is 1. The maximum atomic E-state index is 14.0. The molecule has 2 heterocycles. The van der Waals surface area contributed by atoms with Crippen LogP contribution in [0, 0.1) is 6.92 Å². The van der Waals surface area contributed by atoms with Crippen molar-refractivity contribution in [1.82, 2.24) is 8.87 Å². The molecule has 1 aliphatic heterocycles. The third-order valence-corrected chi connectivity index (χ3v) is 8.45. The van der Waals surface area contributed by atoms with E-state index >= 15 is 0 Å². The highest BCUT2D eigenvalue weighted by Crippen LogP contribution is 2.42. The lowest BCUT2D eigenvalue weighted by Gasteiger charge is -2.38. The minimum absolute atomic E-state index is 0.226. The lowest BCUT2D eigenvalue weighted by molar-refractivity contribution is 0.112. The average molecular weight is 491 g/mol. The summed E-state index contributed by atoms with van der Waals surface area (Å²) in [5.74, 6) is 1.10. The van der Waals surface area contributed by atoms with E-state index in [4.69, 9.17) is 9.47 Å². The van der Waals surface area contributed by atoms with E-state index in [0.29, 0.717) is 23.5 Å². The molecule has 0 fully saturated rings. The van der Waals surface area contributed by atoms with Crippen molar-refractivity contribution in [2.24, 2.45) is 0 Å². The first-order valence-corrected chi connectivity index (χ1v) is 12.7. The molecule has 0 aliphatic carbocycles. The van der Waals surface area contributed by atoms with Gasteiger partial charge in [-0.1, -0.05) is 35.9 Å². The van der Waals surface area contributed by atoms with Gasteiger partial charge in [-0.05, 0) is 54.8 Å². The number of nitrogens with zero attached hydrogens (tertiary/aromatic N) is 2. The molecule has 4 aromatic rings. The monoisotopic (exact) mass is 490 g/mol. The molecular formula is C27H26N2O5S. The van der Waals surface area contributed by atoms with Gasteiger partial charge in [0.05, 0.1) is 24.6 Å². The largest absolute Gasteiger partial charge is 0.493 e. The predicted molar refractivity (Wildman–Crippen MR) is 134 cm³/mol. The van der Waals surface area contributed by atoms with Crippen LogP contribution in [0.5, 0.6) is 11.5 Å². The highest BCUT2D eigenvalue weighted by atomic mass is 32.2. The molecule has 0 amide bonds. The maximum Gasteiger partial charge on any atom is 0.245 e. The number of aryl methyl sites for hydroxylation is 1. The number of hydrogen-bond acceptors (Lipinski definition) is 5. The van der Waals surface area contributed by atoms with Crippen molar-refractivity contribution in [3.05, 3.63) is 89.1 Å². The summed E-state index contributed by atoms with van der Waals surface area (Å²) in [4.78, 5) is 12.1. The fraction of sp³-hybridized carbons (Fsp3) is 0.222. The van der Waals surface area contributed by atoms with Crippen molar-refractivity contribution in [3.63, 3.8) is 0 Å². The van der Waals surface area contributed by atoms with Crippen LogP contribution in [-0.2, 0) is 16.4 Å². The Bertz CT molecular complexity index is 1520. The van der Waals surface area contributed by atoms with E-state index in [1.165, 1.54) is 4.31 Å². The standard InChI is InChI=1S/C27H26N2O5S/c1-18-8-10-21(11-9-18)35(31,32)29-13-12-19-14-25(33-2)26(34-3)15-23(19)27(29)28-16-20(17-30)22-6-4-5-7-24(22)28/h4-11,14-17,27H,12-13H2,1-3H3. The number of carbonyl (C=O) groups is 1. The van der Waals surface area contributed by atoms with Gasteiger partial charge in [0.1, 0.15) is 6.17 Å².